The molecule has 0 unspecified atom stereocenters. The van der Waals surface area contributed by atoms with Crippen LogP contribution in [0.15, 0.2) is 23.5 Å². The maximum Gasteiger partial charge on any atom is 0.254 e. The molecule has 2 fully saturated rings. The van der Waals surface area contributed by atoms with E-state index in [0.717, 1.165) is 42.4 Å². The third-order valence-corrected chi connectivity index (χ3v) is 6.49. The maximum atomic E-state index is 12.7. The number of aliphatic hydroxyl groups is 1. The lowest BCUT2D eigenvalue weighted by Gasteiger charge is -2.34. The van der Waals surface area contributed by atoms with Crippen LogP contribution in [0.3, 0.4) is 0 Å². The first kappa shape index (κ1) is 19.0. The molecule has 5 rings (SSSR count). The van der Waals surface area contributed by atoms with Gasteiger partial charge >= 0.3 is 0 Å². The number of carbonyl (C=O) groups is 1. The summed E-state index contributed by atoms with van der Waals surface area (Å²) in [6.07, 6.45) is 7.34. The van der Waals surface area contributed by atoms with Gasteiger partial charge in [-0.2, -0.15) is 4.73 Å². The summed E-state index contributed by atoms with van der Waals surface area (Å²) in [5, 5.41) is 26.9. The molecule has 1 spiro atoms. The van der Waals surface area contributed by atoms with Crippen LogP contribution >= 0.6 is 0 Å². The molecule has 1 amide bonds. The molecule has 30 heavy (non-hydrogen) atoms. The van der Waals surface area contributed by atoms with Crippen LogP contribution in [-0.2, 0) is 5.54 Å². The molecule has 0 radical (unpaired) electrons. The second-order valence-corrected chi connectivity index (χ2v) is 8.66. The lowest BCUT2D eigenvalue weighted by Crippen LogP contribution is -2.43. The van der Waals surface area contributed by atoms with Gasteiger partial charge in [0.15, 0.2) is 11.3 Å². The molecule has 0 bridgehead atoms. The molecule has 9 nitrogen and oxygen atoms in total. The van der Waals surface area contributed by atoms with Gasteiger partial charge in [0.05, 0.1) is 22.9 Å². The van der Waals surface area contributed by atoms with Gasteiger partial charge in [-0.3, -0.25) is 4.79 Å². The first-order chi connectivity index (χ1) is 14.4. The van der Waals surface area contributed by atoms with Gasteiger partial charge in [0, 0.05) is 12.1 Å². The smallest absolute Gasteiger partial charge is 0.254 e. The van der Waals surface area contributed by atoms with E-state index in [1.165, 1.54) is 6.33 Å². The van der Waals surface area contributed by atoms with Gasteiger partial charge in [-0.15, -0.1) is 0 Å². The Morgan fingerprint density at radius 1 is 1.23 bits per heavy atom. The minimum Gasteiger partial charge on any atom is -0.427 e. The lowest BCUT2D eigenvalue weighted by atomic mass is 9.79. The highest BCUT2D eigenvalue weighted by molar-refractivity contribution is 6.00. The molecule has 2 saturated carbocycles. The average Bonchev–Trinajstić information content (AvgIpc) is 2.97. The number of nitrogens with one attached hydrogen (secondary N) is 2. The van der Waals surface area contributed by atoms with Crippen molar-refractivity contribution in [3.63, 3.8) is 0 Å². The molecular formula is C21H26N6O3. The van der Waals surface area contributed by atoms with Gasteiger partial charge in [0.2, 0.25) is 0 Å². The number of hydrogen-bond acceptors (Lipinski definition) is 7. The number of pyridine rings is 1. The Labute approximate surface area is 173 Å². The van der Waals surface area contributed by atoms with E-state index in [0.29, 0.717) is 41.2 Å². The van der Waals surface area contributed by atoms with Crippen molar-refractivity contribution in [1.29, 1.82) is 0 Å². The quantitative estimate of drug-likeness (QED) is 0.573. The highest BCUT2D eigenvalue weighted by atomic mass is 16.5. The molecule has 1 aliphatic heterocycles. The van der Waals surface area contributed by atoms with Gasteiger partial charge in [0.1, 0.15) is 12.1 Å². The summed E-state index contributed by atoms with van der Waals surface area (Å²) in [5.74, 6) is 0.906. The van der Waals surface area contributed by atoms with E-state index in [2.05, 4.69) is 25.6 Å². The molecule has 0 aromatic carbocycles. The summed E-state index contributed by atoms with van der Waals surface area (Å²) in [6, 6.07) is 3.61. The van der Waals surface area contributed by atoms with Crippen molar-refractivity contribution in [3.05, 3.63) is 40.8 Å². The number of carbonyl (C=O) groups excluding carboxylic acids is 1. The normalized spacial score (nSPS) is 25.0. The molecule has 4 N–H and O–H groups in total. The van der Waals surface area contributed by atoms with Crippen LogP contribution in [0.25, 0.3) is 0 Å². The van der Waals surface area contributed by atoms with Gasteiger partial charge in [-0.1, -0.05) is 19.3 Å². The van der Waals surface area contributed by atoms with Crippen molar-refractivity contribution >= 4 is 17.5 Å². The molecule has 3 heterocycles. The number of rotatable bonds is 3. The van der Waals surface area contributed by atoms with Crippen LogP contribution in [0.1, 0.15) is 66.6 Å². The maximum absolute atomic E-state index is 12.7. The van der Waals surface area contributed by atoms with Crippen LogP contribution in [0.5, 0.6) is 0 Å². The highest BCUT2D eigenvalue weighted by Gasteiger charge is 2.47. The van der Waals surface area contributed by atoms with Crippen LogP contribution in [-0.4, -0.2) is 43.1 Å². The second kappa shape index (κ2) is 7.09. The molecule has 0 atom stereocenters. The summed E-state index contributed by atoms with van der Waals surface area (Å²) in [7, 11) is 0. The zero-order valence-corrected chi connectivity index (χ0v) is 16.9. The van der Waals surface area contributed by atoms with Gasteiger partial charge in [-0.25, -0.2) is 15.0 Å². The minimum absolute atomic E-state index is 0.130. The average molecular weight is 410 g/mol. The second-order valence-electron chi connectivity index (χ2n) is 8.66. The Morgan fingerprint density at radius 2 is 2.00 bits per heavy atom. The first-order valence-electron chi connectivity index (χ1n) is 10.6. The van der Waals surface area contributed by atoms with Crippen molar-refractivity contribution in [1.82, 2.24) is 20.0 Å². The Kier molecular flexibility index (Phi) is 4.50. The number of aliphatic hydroxyl groups excluding tert-OH is 1. The minimum atomic E-state index is -0.529. The number of nitrogens with zero attached hydrogens (tertiary/aromatic N) is 4. The predicted octanol–water partition coefficient (Wildman–Crippen LogP) is 1.89. The first-order valence-corrected chi connectivity index (χ1v) is 10.6. The van der Waals surface area contributed by atoms with Gasteiger partial charge < -0.3 is 20.9 Å². The largest absolute Gasteiger partial charge is 0.427 e. The van der Waals surface area contributed by atoms with Crippen molar-refractivity contribution < 1.29 is 15.1 Å². The molecule has 9 heteroatoms. The Hall–Kier alpha value is -2.94. The Morgan fingerprint density at radius 3 is 2.73 bits per heavy atom. The van der Waals surface area contributed by atoms with Crippen molar-refractivity contribution in [2.24, 2.45) is 4.99 Å². The number of aromatic nitrogens is 3. The van der Waals surface area contributed by atoms with Crippen molar-refractivity contribution in [3.8, 4) is 0 Å². The lowest BCUT2D eigenvalue weighted by molar-refractivity contribution is 0.0834. The molecule has 158 valence electrons. The summed E-state index contributed by atoms with van der Waals surface area (Å²) >= 11 is 0. The van der Waals surface area contributed by atoms with E-state index in [1.54, 1.807) is 12.1 Å². The Balaban J connectivity index is 1.54. The summed E-state index contributed by atoms with van der Waals surface area (Å²) < 4.78 is 1.06. The van der Waals surface area contributed by atoms with Crippen LogP contribution in [0, 0.1) is 6.92 Å². The number of aryl methyl sites for hydroxylation is 1. The number of amides is 1. The summed E-state index contributed by atoms with van der Waals surface area (Å²) in [5.41, 5.74) is 1.74. The number of anilines is 1. The van der Waals surface area contributed by atoms with Crippen LogP contribution in [0.2, 0.25) is 0 Å². The molecule has 3 aliphatic rings. The van der Waals surface area contributed by atoms with Crippen LogP contribution < -0.4 is 16.1 Å². The zero-order chi connectivity index (χ0) is 20.9. The predicted molar refractivity (Wildman–Crippen MR) is 108 cm³/mol. The van der Waals surface area contributed by atoms with Gasteiger partial charge in [-0.05, 0) is 44.2 Å². The van der Waals surface area contributed by atoms with Crippen molar-refractivity contribution in [2.75, 3.05) is 5.32 Å². The fourth-order valence-corrected chi connectivity index (χ4v) is 4.92. The fraction of sp³-hybridized carbons (Fsp3) is 0.524. The Bertz CT molecular complexity index is 1070. The van der Waals surface area contributed by atoms with Crippen LogP contribution in [0.4, 0.5) is 11.6 Å². The summed E-state index contributed by atoms with van der Waals surface area (Å²) in [4.78, 5) is 25.6. The summed E-state index contributed by atoms with van der Waals surface area (Å²) in [6.45, 7) is 1.87. The van der Waals surface area contributed by atoms with E-state index < -0.39 is 5.54 Å². The molecular weight excluding hydrogens is 384 g/mol. The molecule has 2 aromatic heterocycles. The SMILES string of the molecule is Cc1cc(=Nc2cc(NC3CC(O)C3)ncn2)n(O)c2c1C(=O)NC21CCCCC1. The fourth-order valence-electron chi connectivity index (χ4n) is 4.92. The number of fused-ring (bicyclic) bond motifs is 2. The topological polar surface area (TPSA) is 125 Å². The standard InChI is InChI=1S/C21H26N6O3/c1-12-7-17(25-16-10-15(22-11-23-16)24-13-8-14(28)9-13)27(30)19-18(12)20(29)26-21(19)5-3-2-4-6-21/h7,10-11,13-14,28,30H,2-6,8-9H2,1H3,(H,26,29)(H,22,23,24). The third kappa shape index (κ3) is 3.13. The number of hydrogen-bond donors (Lipinski definition) is 4. The molecule has 2 aromatic rings. The molecule has 0 saturated heterocycles. The molecule has 2 aliphatic carbocycles. The monoisotopic (exact) mass is 410 g/mol. The van der Waals surface area contributed by atoms with E-state index in [4.69, 9.17) is 0 Å². The van der Waals surface area contributed by atoms with E-state index in [9.17, 15) is 15.1 Å². The van der Waals surface area contributed by atoms with E-state index in [-0.39, 0.29) is 18.1 Å². The third-order valence-electron chi connectivity index (χ3n) is 6.49. The van der Waals surface area contributed by atoms with Crippen molar-refractivity contribution in [2.45, 2.75) is 69.6 Å². The van der Waals surface area contributed by atoms with E-state index in [1.807, 2.05) is 6.92 Å². The van der Waals surface area contributed by atoms with Gasteiger partial charge in [0.25, 0.3) is 5.91 Å². The highest BCUT2D eigenvalue weighted by Crippen LogP contribution is 2.42. The van der Waals surface area contributed by atoms with E-state index >= 15 is 0 Å². The zero-order valence-electron chi connectivity index (χ0n) is 16.9.